The van der Waals surface area contributed by atoms with E-state index in [9.17, 15) is 13.9 Å². The summed E-state index contributed by atoms with van der Waals surface area (Å²) in [6.45, 7) is -0.714. The van der Waals surface area contributed by atoms with Gasteiger partial charge in [0, 0.05) is 40.5 Å². The molecule has 0 bridgehead atoms. The molecule has 0 aliphatic heterocycles. The van der Waals surface area contributed by atoms with E-state index >= 15 is 8.78 Å². The van der Waals surface area contributed by atoms with Gasteiger partial charge in [-0.3, -0.25) is 9.99 Å². The molecular formula is C27H22F4N6O2S. The van der Waals surface area contributed by atoms with Gasteiger partial charge in [-0.25, -0.2) is 19.6 Å². The van der Waals surface area contributed by atoms with E-state index in [1.54, 1.807) is 30.5 Å². The number of aliphatic hydroxyl groups is 1. The number of hydrazone groups is 1. The summed E-state index contributed by atoms with van der Waals surface area (Å²) in [6.07, 6.45) is 3.54. The third-order valence-corrected chi connectivity index (χ3v) is 6.41. The van der Waals surface area contributed by atoms with Crippen LogP contribution in [0.5, 0.6) is 5.75 Å². The molecule has 4 aromatic rings. The van der Waals surface area contributed by atoms with Crippen LogP contribution in [0.4, 0.5) is 17.6 Å². The van der Waals surface area contributed by atoms with E-state index in [1.165, 1.54) is 17.4 Å². The number of hydrazine groups is 1. The van der Waals surface area contributed by atoms with Crippen molar-refractivity contribution in [2.45, 2.75) is 18.1 Å². The summed E-state index contributed by atoms with van der Waals surface area (Å²) in [7, 11) is 0. The normalized spacial score (nSPS) is 12.9. The lowest BCUT2D eigenvalue weighted by Crippen LogP contribution is -2.53. The largest absolute Gasteiger partial charge is 0.486 e. The lowest BCUT2D eigenvalue weighted by Gasteiger charge is -2.37. The summed E-state index contributed by atoms with van der Waals surface area (Å²) in [5.41, 5.74) is -4.14. The van der Waals surface area contributed by atoms with E-state index in [4.69, 9.17) is 16.4 Å². The van der Waals surface area contributed by atoms with Crippen molar-refractivity contribution in [2.75, 3.05) is 6.54 Å². The number of alkyl halides is 2. The molecule has 1 atom stereocenters. The number of hydrogen-bond acceptors (Lipinski definition) is 8. The molecule has 0 fully saturated rings. The summed E-state index contributed by atoms with van der Waals surface area (Å²) >= 11 is 1.49. The van der Waals surface area contributed by atoms with Crippen LogP contribution in [0.15, 0.2) is 77.5 Å². The minimum Gasteiger partial charge on any atom is -0.486 e. The molecule has 8 nitrogen and oxygen atoms in total. The molecule has 2 aromatic carbocycles. The number of nitrogens with zero attached hydrogens (tertiary/aromatic N) is 4. The first-order chi connectivity index (χ1) is 19.1. The first-order valence-corrected chi connectivity index (χ1v) is 12.4. The Kier molecular flexibility index (Phi) is 8.64. The van der Waals surface area contributed by atoms with Gasteiger partial charge in [-0.15, -0.1) is 11.3 Å². The van der Waals surface area contributed by atoms with Gasteiger partial charge >= 0.3 is 5.92 Å². The number of ether oxygens (including phenoxy) is 1. The van der Waals surface area contributed by atoms with E-state index in [-0.39, 0.29) is 0 Å². The third kappa shape index (κ3) is 6.37. The Hall–Kier alpha value is -4.51. The van der Waals surface area contributed by atoms with Crippen molar-refractivity contribution in [3.63, 3.8) is 0 Å². The van der Waals surface area contributed by atoms with E-state index in [2.05, 4.69) is 26.9 Å². The van der Waals surface area contributed by atoms with Gasteiger partial charge in [0.15, 0.2) is 5.60 Å². The number of nitrogens with two attached hydrogens (primary N) is 2. The summed E-state index contributed by atoms with van der Waals surface area (Å²) in [5.74, 6) is 10.3. The highest BCUT2D eigenvalue weighted by Crippen LogP contribution is 2.45. The smallest absolute Gasteiger partial charge is 0.323 e. The summed E-state index contributed by atoms with van der Waals surface area (Å²) in [6, 6.07) is 11.0. The van der Waals surface area contributed by atoms with Crippen LogP contribution in [0.25, 0.3) is 0 Å². The molecule has 0 aliphatic carbocycles. The Morgan fingerprint density at radius 3 is 2.40 bits per heavy atom. The molecule has 0 aliphatic rings. The van der Waals surface area contributed by atoms with Crippen LogP contribution in [0.2, 0.25) is 0 Å². The lowest BCUT2D eigenvalue weighted by atomic mass is 9.84. The second-order valence-corrected chi connectivity index (χ2v) is 9.40. The second-order valence-electron chi connectivity index (χ2n) is 8.42. The molecule has 5 N–H and O–H groups in total. The highest BCUT2D eigenvalue weighted by molar-refractivity contribution is 7.09. The Morgan fingerprint density at radius 2 is 1.77 bits per heavy atom. The monoisotopic (exact) mass is 570 g/mol. The Labute approximate surface area is 230 Å². The van der Waals surface area contributed by atoms with Gasteiger partial charge in [-0.1, -0.05) is 11.8 Å². The maximum atomic E-state index is 15.8. The molecule has 4 rings (SSSR count). The van der Waals surface area contributed by atoms with Crippen LogP contribution < -0.4 is 16.4 Å². The zero-order valence-corrected chi connectivity index (χ0v) is 21.5. The van der Waals surface area contributed by atoms with E-state index in [0.29, 0.717) is 40.6 Å². The summed E-state index contributed by atoms with van der Waals surface area (Å²) < 4.78 is 65.2. The summed E-state index contributed by atoms with van der Waals surface area (Å²) in [5, 5.41) is 17.5. The van der Waals surface area contributed by atoms with Crippen molar-refractivity contribution in [1.29, 1.82) is 0 Å². The fourth-order valence-electron chi connectivity index (χ4n) is 3.68. The van der Waals surface area contributed by atoms with Gasteiger partial charge in [0.1, 0.15) is 41.0 Å². The van der Waals surface area contributed by atoms with Crippen LogP contribution >= 0.6 is 11.3 Å². The second kappa shape index (κ2) is 12.1. The average Bonchev–Trinajstić information content (AvgIpc) is 3.45. The molecule has 40 heavy (non-hydrogen) atoms. The number of hydrogen-bond donors (Lipinski definition) is 3. The Balaban J connectivity index is 1.54. The fraction of sp³-hybridized carbons (Fsp3) is 0.148. The Morgan fingerprint density at radius 1 is 1.05 bits per heavy atom. The molecule has 0 spiro atoms. The van der Waals surface area contributed by atoms with E-state index < -0.39 is 41.0 Å². The van der Waals surface area contributed by atoms with E-state index in [1.807, 2.05) is 5.38 Å². The molecule has 0 saturated carbocycles. The first-order valence-electron chi connectivity index (χ1n) is 11.5. The topological polar surface area (TPSA) is 123 Å². The van der Waals surface area contributed by atoms with Gasteiger partial charge < -0.3 is 15.7 Å². The van der Waals surface area contributed by atoms with Gasteiger partial charge in [-0.2, -0.15) is 13.9 Å². The zero-order chi connectivity index (χ0) is 28.8. The molecular weight excluding hydrogens is 548 g/mol. The number of halogens is 4. The minimum atomic E-state index is -4.20. The van der Waals surface area contributed by atoms with Crippen molar-refractivity contribution < 1.29 is 27.4 Å². The highest BCUT2D eigenvalue weighted by Gasteiger charge is 2.58. The third-order valence-electron chi connectivity index (χ3n) is 5.66. The SMILES string of the molecule is N/N=C\N(N)CC(O)(c1ccc(F)cc1F)C(F)(F)c1ccc(C#Cc2ccc(OCc3nccs3)cc2)cn1. The standard InChI is InChI=1S/C27H22F4N6O2S/c28-20-6-9-22(23(29)13-20)26(38,16-37(33)17-36-32)27(30,31)24-10-5-19(14-35-24)2-1-18-3-7-21(8-4-18)39-15-25-34-11-12-40-25/h3-14,17,38H,15-16,32-33H2/b36-17-. The average molecular weight is 571 g/mol. The number of pyridine rings is 1. The molecule has 2 aromatic heterocycles. The molecule has 1 unspecified atom stereocenters. The van der Waals surface area contributed by atoms with Crippen LogP contribution in [0.1, 0.15) is 27.4 Å². The number of rotatable bonds is 9. The van der Waals surface area contributed by atoms with Crippen molar-refractivity contribution in [1.82, 2.24) is 15.0 Å². The fourth-order valence-corrected chi connectivity index (χ4v) is 4.21. The Bertz CT molecular complexity index is 1520. The van der Waals surface area contributed by atoms with Crippen molar-refractivity contribution in [3.8, 4) is 17.6 Å². The van der Waals surface area contributed by atoms with Crippen LogP contribution in [0, 0.1) is 23.5 Å². The van der Waals surface area contributed by atoms with Gasteiger partial charge in [-0.05, 0) is 48.5 Å². The number of thiazole rings is 1. The minimum absolute atomic E-state index is 0.302. The first kappa shape index (κ1) is 28.5. The highest BCUT2D eigenvalue weighted by atomic mass is 32.1. The predicted molar refractivity (Wildman–Crippen MR) is 141 cm³/mol. The van der Waals surface area contributed by atoms with Crippen LogP contribution in [-0.2, 0) is 18.1 Å². The number of benzene rings is 2. The van der Waals surface area contributed by atoms with Crippen molar-refractivity contribution in [3.05, 3.63) is 111 Å². The molecule has 206 valence electrons. The van der Waals surface area contributed by atoms with Crippen molar-refractivity contribution >= 4 is 17.7 Å². The van der Waals surface area contributed by atoms with Gasteiger partial charge in [0.25, 0.3) is 0 Å². The van der Waals surface area contributed by atoms with Crippen LogP contribution in [0.3, 0.4) is 0 Å². The van der Waals surface area contributed by atoms with Gasteiger partial charge in [0.05, 0.1) is 6.54 Å². The summed E-state index contributed by atoms with van der Waals surface area (Å²) in [4.78, 5) is 7.91. The quantitative estimate of drug-likeness (QED) is 0.0698. The van der Waals surface area contributed by atoms with Crippen molar-refractivity contribution in [2.24, 2.45) is 16.8 Å². The molecule has 0 amide bonds. The predicted octanol–water partition coefficient (Wildman–Crippen LogP) is 3.85. The molecule has 0 saturated heterocycles. The number of aromatic nitrogens is 2. The lowest BCUT2D eigenvalue weighted by molar-refractivity contribution is -0.203. The molecule has 2 heterocycles. The van der Waals surface area contributed by atoms with Gasteiger partial charge in [0.2, 0.25) is 0 Å². The van der Waals surface area contributed by atoms with Crippen LogP contribution in [-0.4, -0.2) is 33.0 Å². The maximum absolute atomic E-state index is 15.8. The maximum Gasteiger partial charge on any atom is 0.323 e. The molecule has 13 heteroatoms. The molecule has 0 radical (unpaired) electrons. The zero-order valence-electron chi connectivity index (χ0n) is 20.6. The van der Waals surface area contributed by atoms with E-state index in [0.717, 1.165) is 29.7 Å².